The number of nitrogens with one attached hydrogen (secondary N) is 1. The fourth-order valence-electron chi connectivity index (χ4n) is 2.83. The molecule has 0 aliphatic carbocycles. The molecular weight excluding hydrogens is 262 g/mol. The second-order valence-corrected chi connectivity index (χ2v) is 5.72. The first kappa shape index (κ1) is 15.7. The number of anilines is 1. The molecule has 116 valence electrons. The summed E-state index contributed by atoms with van der Waals surface area (Å²) in [5, 5.41) is 3.12. The molecule has 0 radical (unpaired) electrons. The van der Waals surface area contributed by atoms with E-state index in [-0.39, 0.29) is 6.03 Å². The lowest BCUT2D eigenvalue weighted by atomic mass is 10.1. The lowest BCUT2D eigenvalue weighted by molar-refractivity contribution is 0.189. The smallest absolute Gasteiger partial charge is 0.317 e. The molecule has 1 aromatic rings. The molecule has 0 saturated carbocycles. The van der Waals surface area contributed by atoms with Crippen molar-refractivity contribution in [1.29, 1.82) is 0 Å². The van der Waals surface area contributed by atoms with Crippen LogP contribution in [0.25, 0.3) is 0 Å². The van der Waals surface area contributed by atoms with E-state index < -0.39 is 0 Å². The van der Waals surface area contributed by atoms with Crippen LogP contribution in [-0.2, 0) is 0 Å². The van der Waals surface area contributed by atoms with Gasteiger partial charge in [0, 0.05) is 37.9 Å². The molecule has 4 nitrogen and oxygen atoms in total. The lowest BCUT2D eigenvalue weighted by Crippen LogP contribution is -2.53. The molecule has 2 amide bonds. The highest BCUT2D eigenvalue weighted by atomic mass is 16.2. The van der Waals surface area contributed by atoms with Crippen molar-refractivity contribution in [3.8, 4) is 0 Å². The summed E-state index contributed by atoms with van der Waals surface area (Å²) in [6.45, 7) is 9.76. The number of carbonyl (C=O) groups is 1. The molecule has 1 aromatic carbocycles. The van der Waals surface area contributed by atoms with Crippen LogP contribution in [0.1, 0.15) is 32.3 Å². The van der Waals surface area contributed by atoms with Crippen LogP contribution in [-0.4, -0.2) is 43.2 Å². The van der Waals surface area contributed by atoms with E-state index in [2.05, 4.69) is 55.3 Å². The van der Waals surface area contributed by atoms with Crippen molar-refractivity contribution in [1.82, 2.24) is 10.2 Å². The van der Waals surface area contributed by atoms with Crippen LogP contribution in [0, 0.1) is 6.92 Å². The van der Waals surface area contributed by atoms with E-state index in [1.54, 1.807) is 0 Å². The first-order valence-corrected chi connectivity index (χ1v) is 8.01. The largest absolute Gasteiger partial charge is 0.368 e. The molecule has 1 fully saturated rings. The minimum atomic E-state index is 0.0909. The number of piperazine rings is 1. The number of rotatable bonds is 4. The molecule has 4 heteroatoms. The van der Waals surface area contributed by atoms with Crippen LogP contribution < -0.4 is 10.2 Å². The van der Waals surface area contributed by atoms with Gasteiger partial charge in [-0.25, -0.2) is 4.79 Å². The Morgan fingerprint density at radius 3 is 2.33 bits per heavy atom. The number of nitrogens with zero attached hydrogens (tertiary/aromatic N) is 2. The van der Waals surface area contributed by atoms with Gasteiger partial charge < -0.3 is 15.1 Å². The van der Waals surface area contributed by atoms with Gasteiger partial charge in [-0.2, -0.15) is 0 Å². The number of benzene rings is 1. The zero-order valence-electron chi connectivity index (χ0n) is 13.4. The maximum Gasteiger partial charge on any atom is 0.317 e. The van der Waals surface area contributed by atoms with Crippen LogP contribution in [0.3, 0.4) is 0 Å². The Labute approximate surface area is 128 Å². The van der Waals surface area contributed by atoms with E-state index >= 15 is 0 Å². The van der Waals surface area contributed by atoms with E-state index in [0.29, 0.717) is 6.04 Å². The summed E-state index contributed by atoms with van der Waals surface area (Å²) >= 11 is 0. The first-order valence-electron chi connectivity index (χ1n) is 8.01. The Morgan fingerprint density at radius 2 is 1.76 bits per heavy atom. The Hall–Kier alpha value is -1.71. The maximum absolute atomic E-state index is 12.2. The first-order chi connectivity index (χ1) is 10.2. The van der Waals surface area contributed by atoms with Crippen LogP contribution in [0.15, 0.2) is 24.3 Å². The molecule has 1 aliphatic heterocycles. The van der Waals surface area contributed by atoms with Crippen molar-refractivity contribution in [3.63, 3.8) is 0 Å². The normalized spacial score (nSPS) is 15.4. The van der Waals surface area contributed by atoms with Crippen molar-refractivity contribution < 1.29 is 4.79 Å². The number of aryl methyl sites for hydroxylation is 1. The molecule has 1 N–H and O–H groups in total. The Bertz CT molecular complexity index is 463. The second-order valence-electron chi connectivity index (χ2n) is 5.72. The fraction of sp³-hybridized carbons (Fsp3) is 0.588. The summed E-state index contributed by atoms with van der Waals surface area (Å²) in [7, 11) is 0. The highest BCUT2D eigenvalue weighted by molar-refractivity contribution is 5.75. The van der Waals surface area contributed by atoms with Gasteiger partial charge in [0.15, 0.2) is 0 Å². The molecule has 0 aromatic heterocycles. The second kappa shape index (κ2) is 7.34. The van der Waals surface area contributed by atoms with Crippen LogP contribution in [0.2, 0.25) is 0 Å². The molecule has 1 heterocycles. The van der Waals surface area contributed by atoms with Gasteiger partial charge in [0.05, 0.1) is 0 Å². The number of carbonyl (C=O) groups excluding carboxylic acids is 1. The van der Waals surface area contributed by atoms with Gasteiger partial charge in [0.25, 0.3) is 0 Å². The van der Waals surface area contributed by atoms with E-state index in [1.165, 1.54) is 11.3 Å². The zero-order valence-corrected chi connectivity index (χ0v) is 13.4. The van der Waals surface area contributed by atoms with E-state index in [0.717, 1.165) is 39.0 Å². The van der Waals surface area contributed by atoms with Crippen LogP contribution in [0.5, 0.6) is 0 Å². The van der Waals surface area contributed by atoms with Gasteiger partial charge in [-0.1, -0.05) is 32.0 Å². The van der Waals surface area contributed by atoms with Crippen molar-refractivity contribution in [3.05, 3.63) is 29.8 Å². The van der Waals surface area contributed by atoms with Crippen LogP contribution in [0.4, 0.5) is 10.5 Å². The average Bonchev–Trinajstić information content (AvgIpc) is 2.53. The molecule has 0 unspecified atom stereocenters. The SMILES string of the molecule is CCC(CC)NC(=O)N1CCN(c2ccccc2C)CC1. The number of hydrogen-bond acceptors (Lipinski definition) is 2. The molecule has 0 bridgehead atoms. The average molecular weight is 289 g/mol. The minimum absolute atomic E-state index is 0.0909. The van der Waals surface area contributed by atoms with Gasteiger partial charge in [0.1, 0.15) is 0 Å². The predicted octanol–water partition coefficient (Wildman–Crippen LogP) is 3.02. The number of para-hydroxylation sites is 1. The van der Waals surface area contributed by atoms with Gasteiger partial charge in [0.2, 0.25) is 0 Å². The van der Waals surface area contributed by atoms with Gasteiger partial charge in [-0.15, -0.1) is 0 Å². The summed E-state index contributed by atoms with van der Waals surface area (Å²) < 4.78 is 0. The molecule has 1 aliphatic rings. The highest BCUT2D eigenvalue weighted by Gasteiger charge is 2.22. The maximum atomic E-state index is 12.2. The number of amides is 2. The zero-order chi connectivity index (χ0) is 15.2. The summed E-state index contributed by atoms with van der Waals surface area (Å²) in [5.41, 5.74) is 2.59. The Morgan fingerprint density at radius 1 is 1.14 bits per heavy atom. The third-order valence-corrected chi connectivity index (χ3v) is 4.34. The topological polar surface area (TPSA) is 35.6 Å². The monoisotopic (exact) mass is 289 g/mol. The minimum Gasteiger partial charge on any atom is -0.368 e. The van der Waals surface area contributed by atoms with Crippen molar-refractivity contribution >= 4 is 11.7 Å². The number of urea groups is 1. The predicted molar refractivity (Wildman–Crippen MR) is 87.9 cm³/mol. The molecular formula is C17H27N3O. The Kier molecular flexibility index (Phi) is 5.48. The van der Waals surface area contributed by atoms with Gasteiger partial charge >= 0.3 is 6.03 Å². The third kappa shape index (κ3) is 3.90. The quantitative estimate of drug-likeness (QED) is 0.925. The molecule has 1 saturated heterocycles. The van der Waals surface area contributed by atoms with Crippen LogP contribution >= 0.6 is 0 Å². The molecule has 0 atom stereocenters. The van der Waals surface area contributed by atoms with E-state index in [9.17, 15) is 4.79 Å². The number of hydrogen-bond donors (Lipinski definition) is 1. The summed E-state index contributed by atoms with van der Waals surface area (Å²) in [6, 6.07) is 8.84. The lowest BCUT2D eigenvalue weighted by Gasteiger charge is -2.37. The van der Waals surface area contributed by atoms with Crippen molar-refractivity contribution in [2.45, 2.75) is 39.7 Å². The highest BCUT2D eigenvalue weighted by Crippen LogP contribution is 2.20. The summed E-state index contributed by atoms with van der Waals surface area (Å²) in [4.78, 5) is 16.5. The molecule has 0 spiro atoms. The third-order valence-electron chi connectivity index (χ3n) is 4.34. The summed E-state index contributed by atoms with van der Waals surface area (Å²) in [6.07, 6.45) is 1.98. The summed E-state index contributed by atoms with van der Waals surface area (Å²) in [5.74, 6) is 0. The Balaban J connectivity index is 1.88. The standard InChI is InChI=1S/C17H27N3O/c1-4-15(5-2)18-17(21)20-12-10-19(11-13-20)16-9-7-6-8-14(16)3/h6-9,15H,4-5,10-13H2,1-3H3,(H,18,21). The van der Waals surface area contributed by atoms with Gasteiger partial charge in [-0.3, -0.25) is 0 Å². The van der Waals surface area contributed by atoms with Crippen molar-refractivity contribution in [2.24, 2.45) is 0 Å². The fourth-order valence-corrected chi connectivity index (χ4v) is 2.83. The molecule has 2 rings (SSSR count). The van der Waals surface area contributed by atoms with Crippen molar-refractivity contribution in [2.75, 3.05) is 31.1 Å². The molecule has 21 heavy (non-hydrogen) atoms. The van der Waals surface area contributed by atoms with Gasteiger partial charge in [-0.05, 0) is 31.4 Å². The van der Waals surface area contributed by atoms with E-state index in [4.69, 9.17) is 0 Å². The van der Waals surface area contributed by atoms with E-state index in [1.807, 2.05) is 4.90 Å².